The van der Waals surface area contributed by atoms with Crippen LogP contribution in [0.1, 0.15) is 12.5 Å². The zero-order chi connectivity index (χ0) is 24.4. The van der Waals surface area contributed by atoms with Crippen molar-refractivity contribution in [1.29, 1.82) is 0 Å². The Bertz CT molecular complexity index is 1370. The molecule has 0 radical (unpaired) electrons. The monoisotopic (exact) mass is 500 g/mol. The molecule has 0 saturated carbocycles. The number of allylic oxidation sites excluding steroid dienone is 1. The van der Waals surface area contributed by atoms with Gasteiger partial charge in [0.1, 0.15) is 0 Å². The van der Waals surface area contributed by atoms with Crippen LogP contribution in [0.5, 0.6) is 0 Å². The van der Waals surface area contributed by atoms with Crippen LogP contribution in [0.2, 0.25) is 5.02 Å². The molecule has 0 aromatic heterocycles. The predicted octanol–water partition coefficient (Wildman–Crippen LogP) is 2.13. The number of benzene rings is 2. The van der Waals surface area contributed by atoms with Gasteiger partial charge in [-0.25, -0.2) is 23.3 Å². The molecule has 176 valence electrons. The second-order valence-electron chi connectivity index (χ2n) is 8.25. The molecule has 10 nitrogen and oxygen atoms in total. The zero-order valence-electron chi connectivity index (χ0n) is 18.3. The van der Waals surface area contributed by atoms with Gasteiger partial charge >= 0.3 is 6.03 Å². The molecule has 34 heavy (non-hydrogen) atoms. The second-order valence-corrected chi connectivity index (χ2v) is 10.2. The number of likely N-dealkylation sites (N-methyl/N-ethyl adjacent to an activating group) is 1. The third kappa shape index (κ3) is 3.44. The fourth-order valence-electron chi connectivity index (χ4n) is 4.40. The summed E-state index contributed by atoms with van der Waals surface area (Å²) in [6, 6.07) is 11.9. The minimum Gasteiger partial charge on any atom is -0.302 e. The number of halogens is 1. The SMILES string of the molecule is CC1=CN2C(=NC3C2C(=O)N(Cc2ccccc2Cl)C(=O)N3C)N1c1ccc(S(N)(=O)=O)cc1. The summed E-state index contributed by atoms with van der Waals surface area (Å²) in [5.74, 6) is 0.102. The number of primary sulfonamides is 1. The number of guanidine groups is 1. The Morgan fingerprint density at radius 3 is 2.41 bits per heavy atom. The highest BCUT2D eigenvalue weighted by molar-refractivity contribution is 7.89. The lowest BCUT2D eigenvalue weighted by Gasteiger charge is -2.40. The number of nitrogens with two attached hydrogens (primary N) is 1. The topological polar surface area (TPSA) is 120 Å². The first-order chi connectivity index (χ1) is 16.1. The molecular formula is C22H21ClN6O4S. The Morgan fingerprint density at radius 1 is 1.09 bits per heavy atom. The molecule has 0 spiro atoms. The summed E-state index contributed by atoms with van der Waals surface area (Å²) in [5, 5.41) is 5.68. The number of anilines is 1. The van der Waals surface area contributed by atoms with Gasteiger partial charge in [0, 0.05) is 29.7 Å². The van der Waals surface area contributed by atoms with Crippen LogP contribution in [0.25, 0.3) is 0 Å². The van der Waals surface area contributed by atoms with E-state index in [0.29, 0.717) is 22.2 Å². The highest BCUT2D eigenvalue weighted by Gasteiger charge is 2.54. The molecule has 12 heteroatoms. The molecule has 2 aromatic carbocycles. The van der Waals surface area contributed by atoms with Gasteiger partial charge in [-0.05, 0) is 42.8 Å². The van der Waals surface area contributed by atoms with E-state index in [2.05, 4.69) is 0 Å². The van der Waals surface area contributed by atoms with Crippen molar-refractivity contribution in [2.75, 3.05) is 11.9 Å². The number of carbonyl (C=O) groups excluding carboxylic acids is 2. The second kappa shape index (κ2) is 7.83. The van der Waals surface area contributed by atoms with Crippen molar-refractivity contribution in [2.45, 2.75) is 30.6 Å². The average molecular weight is 501 g/mol. The minimum absolute atomic E-state index is 0.00770. The van der Waals surface area contributed by atoms with Gasteiger partial charge in [0.2, 0.25) is 16.0 Å². The normalized spacial score (nSPS) is 22.1. The molecule has 3 heterocycles. The number of aliphatic imine (C=N–C) groups is 1. The van der Waals surface area contributed by atoms with Gasteiger partial charge in [0.05, 0.1) is 11.4 Å². The standard InChI is InChI=1S/C22H21ClN6O4S/c1-13-11-27-18-19(25-21(27)29(13)15-7-9-16(10-8-15)34(24,32)33)26(2)22(31)28(20(18)30)12-14-5-3-4-6-17(14)23/h3-11,18-19H,12H2,1-2H3,(H2,24,32,33). The van der Waals surface area contributed by atoms with E-state index in [0.717, 1.165) is 5.70 Å². The first-order valence-electron chi connectivity index (χ1n) is 10.4. The molecule has 2 N–H and O–H groups in total. The fourth-order valence-corrected chi connectivity index (χ4v) is 5.11. The van der Waals surface area contributed by atoms with Crippen LogP contribution in [-0.2, 0) is 21.4 Å². The van der Waals surface area contributed by atoms with Crippen molar-refractivity contribution < 1.29 is 18.0 Å². The van der Waals surface area contributed by atoms with E-state index < -0.39 is 28.3 Å². The molecule has 2 unspecified atom stereocenters. The van der Waals surface area contributed by atoms with Crippen LogP contribution >= 0.6 is 11.6 Å². The van der Waals surface area contributed by atoms with Crippen LogP contribution in [0.3, 0.4) is 0 Å². The number of hydrogen-bond acceptors (Lipinski definition) is 7. The van der Waals surface area contributed by atoms with Crippen LogP contribution in [0.4, 0.5) is 10.5 Å². The maximum absolute atomic E-state index is 13.5. The lowest BCUT2D eigenvalue weighted by atomic mass is 10.1. The zero-order valence-corrected chi connectivity index (χ0v) is 19.9. The average Bonchev–Trinajstić information content (AvgIpc) is 3.30. The maximum atomic E-state index is 13.5. The highest BCUT2D eigenvalue weighted by atomic mass is 35.5. The quantitative estimate of drug-likeness (QED) is 0.686. The van der Waals surface area contributed by atoms with Gasteiger partial charge in [-0.2, -0.15) is 0 Å². The molecule has 2 aromatic rings. The van der Waals surface area contributed by atoms with Gasteiger partial charge in [-0.15, -0.1) is 0 Å². The summed E-state index contributed by atoms with van der Waals surface area (Å²) in [7, 11) is -2.21. The summed E-state index contributed by atoms with van der Waals surface area (Å²) >= 11 is 6.26. The third-order valence-electron chi connectivity index (χ3n) is 6.10. The molecule has 1 fully saturated rings. The van der Waals surface area contributed by atoms with E-state index in [9.17, 15) is 18.0 Å². The first kappa shape index (κ1) is 22.4. The Balaban J connectivity index is 1.47. The largest absolute Gasteiger partial charge is 0.328 e. The number of rotatable bonds is 4. The van der Waals surface area contributed by atoms with Crippen LogP contribution < -0.4 is 10.0 Å². The third-order valence-corrected chi connectivity index (χ3v) is 7.40. The molecule has 0 bridgehead atoms. The summed E-state index contributed by atoms with van der Waals surface area (Å²) in [4.78, 5) is 37.5. The maximum Gasteiger partial charge on any atom is 0.328 e. The van der Waals surface area contributed by atoms with E-state index in [-0.39, 0.29) is 17.3 Å². The minimum atomic E-state index is -3.82. The van der Waals surface area contributed by atoms with Crippen molar-refractivity contribution in [2.24, 2.45) is 10.1 Å². The van der Waals surface area contributed by atoms with Crippen LogP contribution in [0, 0.1) is 0 Å². The number of amides is 3. The number of urea groups is 1. The number of sulfonamides is 1. The number of fused-ring (bicyclic) bond motifs is 3. The van der Waals surface area contributed by atoms with Gasteiger partial charge < -0.3 is 9.80 Å². The van der Waals surface area contributed by atoms with Crippen molar-refractivity contribution in [3.63, 3.8) is 0 Å². The van der Waals surface area contributed by atoms with E-state index in [1.54, 1.807) is 59.4 Å². The van der Waals surface area contributed by atoms with Gasteiger partial charge in [0.25, 0.3) is 5.91 Å². The van der Waals surface area contributed by atoms with E-state index in [1.807, 2.05) is 6.92 Å². The molecule has 1 saturated heterocycles. The summed E-state index contributed by atoms with van der Waals surface area (Å²) in [6.07, 6.45) is 1.10. The van der Waals surface area contributed by atoms with Crippen molar-refractivity contribution in [3.05, 3.63) is 71.0 Å². The Hall–Kier alpha value is -3.41. The Labute approximate surface area is 201 Å². The van der Waals surface area contributed by atoms with Gasteiger partial charge in [0.15, 0.2) is 12.2 Å². The van der Waals surface area contributed by atoms with E-state index in [1.165, 1.54) is 21.9 Å². The van der Waals surface area contributed by atoms with E-state index >= 15 is 0 Å². The molecule has 3 aliphatic heterocycles. The number of carbonyl (C=O) groups is 2. The number of nitrogens with zero attached hydrogens (tertiary/aromatic N) is 5. The van der Waals surface area contributed by atoms with Crippen LogP contribution in [-0.4, -0.2) is 60.3 Å². The lowest BCUT2D eigenvalue weighted by Crippen LogP contribution is -2.63. The Kier molecular flexibility index (Phi) is 5.15. The van der Waals surface area contributed by atoms with E-state index in [4.69, 9.17) is 21.7 Å². The number of imide groups is 1. The lowest BCUT2D eigenvalue weighted by molar-refractivity contribution is -0.137. The fraction of sp³-hybridized carbons (Fsp3) is 0.227. The number of hydrogen-bond donors (Lipinski definition) is 1. The smallest absolute Gasteiger partial charge is 0.302 e. The predicted molar refractivity (Wildman–Crippen MR) is 126 cm³/mol. The van der Waals surface area contributed by atoms with Crippen molar-refractivity contribution in [3.8, 4) is 0 Å². The highest BCUT2D eigenvalue weighted by Crippen LogP contribution is 2.37. The molecule has 2 atom stereocenters. The molecule has 3 amide bonds. The summed E-state index contributed by atoms with van der Waals surface area (Å²) in [6.45, 7) is 1.91. The van der Waals surface area contributed by atoms with Gasteiger partial charge in [-0.3, -0.25) is 14.6 Å². The molecule has 3 aliphatic rings. The summed E-state index contributed by atoms with van der Waals surface area (Å²) in [5.41, 5.74) is 2.10. The Morgan fingerprint density at radius 2 is 1.76 bits per heavy atom. The summed E-state index contributed by atoms with van der Waals surface area (Å²) < 4.78 is 23.2. The molecule has 0 aliphatic carbocycles. The van der Waals surface area contributed by atoms with Crippen molar-refractivity contribution >= 4 is 45.2 Å². The van der Waals surface area contributed by atoms with Crippen molar-refractivity contribution in [1.82, 2.24) is 14.7 Å². The molecular weight excluding hydrogens is 480 g/mol. The van der Waals surface area contributed by atoms with Gasteiger partial charge in [-0.1, -0.05) is 29.8 Å². The van der Waals surface area contributed by atoms with Crippen LogP contribution in [0.15, 0.2) is 70.3 Å². The molecule has 5 rings (SSSR count). The first-order valence-corrected chi connectivity index (χ1v) is 12.3.